The lowest BCUT2D eigenvalue weighted by Gasteiger charge is -2.21. The van der Waals surface area contributed by atoms with Gasteiger partial charge in [0.25, 0.3) is 5.91 Å². The third-order valence-corrected chi connectivity index (χ3v) is 5.48. The quantitative estimate of drug-likeness (QED) is 0.651. The van der Waals surface area contributed by atoms with Crippen LogP contribution in [0.2, 0.25) is 0 Å². The summed E-state index contributed by atoms with van der Waals surface area (Å²) < 4.78 is 29.2. The van der Waals surface area contributed by atoms with E-state index in [0.29, 0.717) is 36.8 Å². The fourth-order valence-corrected chi connectivity index (χ4v) is 3.86. The maximum atomic E-state index is 13.3. The number of benzene rings is 2. The molecule has 1 aliphatic heterocycles. The van der Waals surface area contributed by atoms with Crippen molar-refractivity contribution in [2.24, 2.45) is 5.92 Å². The van der Waals surface area contributed by atoms with Gasteiger partial charge in [0.1, 0.15) is 17.3 Å². The zero-order valence-corrected chi connectivity index (χ0v) is 17.9. The van der Waals surface area contributed by atoms with Gasteiger partial charge in [-0.25, -0.2) is 4.39 Å². The predicted molar refractivity (Wildman–Crippen MR) is 113 cm³/mol. The van der Waals surface area contributed by atoms with Crippen LogP contribution in [0.3, 0.4) is 0 Å². The zero-order chi connectivity index (χ0) is 22.4. The van der Waals surface area contributed by atoms with Crippen LogP contribution in [0.5, 0.6) is 11.5 Å². The van der Waals surface area contributed by atoms with Crippen molar-refractivity contribution >= 4 is 11.8 Å². The molecule has 0 aliphatic carbocycles. The highest BCUT2D eigenvalue weighted by atomic mass is 19.1. The molecule has 0 bridgehead atoms. The van der Waals surface area contributed by atoms with Gasteiger partial charge in [-0.2, -0.15) is 0 Å². The van der Waals surface area contributed by atoms with Gasteiger partial charge in [0.05, 0.1) is 26.7 Å². The Bertz CT molecular complexity index is 919. The van der Waals surface area contributed by atoms with E-state index < -0.39 is 11.7 Å². The molecule has 8 heteroatoms. The van der Waals surface area contributed by atoms with E-state index in [2.05, 4.69) is 5.32 Å². The molecule has 1 aliphatic rings. The largest absolute Gasteiger partial charge is 0.497 e. The summed E-state index contributed by atoms with van der Waals surface area (Å²) >= 11 is 0. The van der Waals surface area contributed by atoms with Gasteiger partial charge in [-0.05, 0) is 42.5 Å². The minimum atomic E-state index is -0.484. The lowest BCUT2D eigenvalue weighted by Crippen LogP contribution is -2.37. The van der Waals surface area contributed by atoms with Crippen LogP contribution in [0, 0.1) is 11.7 Å². The van der Waals surface area contributed by atoms with Crippen molar-refractivity contribution in [2.75, 3.05) is 47.6 Å². The third kappa shape index (κ3) is 5.14. The number of carbonyl (C=O) groups is 2. The highest BCUT2D eigenvalue weighted by Crippen LogP contribution is 2.40. The van der Waals surface area contributed by atoms with E-state index >= 15 is 0 Å². The monoisotopic (exact) mass is 430 g/mol. The minimum absolute atomic E-state index is 0.165. The average Bonchev–Trinajstić information content (AvgIpc) is 3.24. The summed E-state index contributed by atoms with van der Waals surface area (Å²) in [6.45, 7) is 1.33. The number of nitrogens with one attached hydrogen (secondary N) is 1. The molecule has 1 fully saturated rings. The fourth-order valence-electron chi connectivity index (χ4n) is 3.86. The Hall–Kier alpha value is -3.13. The minimum Gasteiger partial charge on any atom is -0.497 e. The number of rotatable bonds is 8. The second-order valence-electron chi connectivity index (χ2n) is 7.32. The summed E-state index contributed by atoms with van der Waals surface area (Å²) in [5.74, 6) is -0.346. The van der Waals surface area contributed by atoms with Crippen LogP contribution in [0.1, 0.15) is 21.8 Å². The van der Waals surface area contributed by atoms with Crippen molar-refractivity contribution < 1.29 is 28.2 Å². The van der Waals surface area contributed by atoms with E-state index in [1.165, 1.54) is 24.3 Å². The van der Waals surface area contributed by atoms with Crippen molar-refractivity contribution in [1.82, 2.24) is 10.2 Å². The molecule has 166 valence electrons. The van der Waals surface area contributed by atoms with Crippen molar-refractivity contribution in [2.45, 2.75) is 5.92 Å². The maximum absolute atomic E-state index is 13.3. The molecule has 7 nitrogen and oxygen atoms in total. The number of likely N-dealkylation sites (tertiary alicyclic amines) is 1. The van der Waals surface area contributed by atoms with E-state index in [4.69, 9.17) is 14.2 Å². The number of hydrogen-bond acceptors (Lipinski definition) is 5. The van der Waals surface area contributed by atoms with Gasteiger partial charge in [-0.15, -0.1) is 0 Å². The van der Waals surface area contributed by atoms with Gasteiger partial charge in [0.2, 0.25) is 5.91 Å². The van der Waals surface area contributed by atoms with E-state index in [-0.39, 0.29) is 24.3 Å². The molecular weight excluding hydrogens is 403 g/mol. The van der Waals surface area contributed by atoms with Crippen LogP contribution in [0.15, 0.2) is 42.5 Å². The molecule has 0 aromatic heterocycles. The van der Waals surface area contributed by atoms with Gasteiger partial charge < -0.3 is 24.4 Å². The van der Waals surface area contributed by atoms with Crippen molar-refractivity contribution in [3.63, 3.8) is 0 Å². The van der Waals surface area contributed by atoms with Gasteiger partial charge in [-0.1, -0.05) is 0 Å². The summed E-state index contributed by atoms with van der Waals surface area (Å²) in [4.78, 5) is 27.6. The summed E-state index contributed by atoms with van der Waals surface area (Å²) in [6.07, 6.45) is 0. The number of carbonyl (C=O) groups excluding carboxylic acids is 2. The molecule has 2 unspecified atom stereocenters. The Kier molecular flexibility index (Phi) is 7.46. The lowest BCUT2D eigenvalue weighted by molar-refractivity contribution is -0.125. The highest BCUT2D eigenvalue weighted by molar-refractivity contribution is 5.95. The second kappa shape index (κ2) is 10.3. The molecule has 2 amide bonds. The first-order valence-electron chi connectivity index (χ1n) is 10.0. The topological polar surface area (TPSA) is 77.1 Å². The number of hydrogen-bond donors (Lipinski definition) is 1. The predicted octanol–water partition coefficient (Wildman–Crippen LogP) is 2.46. The standard InChI is InChI=1S/C23H27FN2O5/c1-29-11-10-25-22(27)20-14-26(23(28)15-4-6-16(24)7-5-15)13-19(20)18-12-17(30-2)8-9-21(18)31-3/h4-9,12,19-20H,10-11,13-14H2,1-3H3,(H,25,27). The molecule has 1 saturated heterocycles. The first-order chi connectivity index (χ1) is 15.0. The number of ether oxygens (including phenoxy) is 3. The second-order valence-corrected chi connectivity index (χ2v) is 7.32. The van der Waals surface area contributed by atoms with Crippen LogP contribution in [0.4, 0.5) is 4.39 Å². The molecule has 2 atom stereocenters. The fraction of sp³-hybridized carbons (Fsp3) is 0.391. The van der Waals surface area contributed by atoms with Crippen LogP contribution in [0.25, 0.3) is 0 Å². The number of nitrogens with zero attached hydrogens (tertiary/aromatic N) is 1. The Morgan fingerprint density at radius 3 is 2.45 bits per heavy atom. The zero-order valence-electron chi connectivity index (χ0n) is 17.9. The van der Waals surface area contributed by atoms with Crippen LogP contribution >= 0.6 is 0 Å². The molecule has 0 spiro atoms. The van der Waals surface area contributed by atoms with Crippen molar-refractivity contribution in [1.29, 1.82) is 0 Å². The molecule has 0 radical (unpaired) electrons. The molecule has 2 aromatic carbocycles. The smallest absolute Gasteiger partial charge is 0.253 e. The van der Waals surface area contributed by atoms with Crippen LogP contribution in [-0.4, -0.2) is 64.3 Å². The van der Waals surface area contributed by atoms with E-state index in [1.54, 1.807) is 38.4 Å². The maximum Gasteiger partial charge on any atom is 0.253 e. The van der Waals surface area contributed by atoms with Crippen LogP contribution in [-0.2, 0) is 9.53 Å². The normalized spacial score (nSPS) is 18.0. The molecule has 2 aromatic rings. The highest BCUT2D eigenvalue weighted by Gasteiger charge is 2.41. The average molecular weight is 430 g/mol. The Labute approximate surface area is 181 Å². The van der Waals surface area contributed by atoms with Gasteiger partial charge in [0.15, 0.2) is 0 Å². The summed E-state index contributed by atoms with van der Waals surface area (Å²) in [5.41, 5.74) is 1.17. The Balaban J connectivity index is 1.91. The first-order valence-corrected chi connectivity index (χ1v) is 10.0. The van der Waals surface area contributed by atoms with Crippen molar-refractivity contribution in [3.8, 4) is 11.5 Å². The van der Waals surface area contributed by atoms with Gasteiger partial charge in [-0.3, -0.25) is 9.59 Å². The van der Waals surface area contributed by atoms with Gasteiger partial charge >= 0.3 is 0 Å². The molecular formula is C23H27FN2O5. The van der Waals surface area contributed by atoms with E-state index in [1.807, 2.05) is 6.07 Å². The van der Waals surface area contributed by atoms with E-state index in [0.717, 1.165) is 5.56 Å². The Morgan fingerprint density at radius 1 is 1.06 bits per heavy atom. The molecule has 3 rings (SSSR count). The van der Waals surface area contributed by atoms with Crippen molar-refractivity contribution in [3.05, 3.63) is 59.4 Å². The number of methoxy groups -OCH3 is 3. The molecule has 0 saturated carbocycles. The summed E-state index contributed by atoms with van der Waals surface area (Å²) in [5, 5.41) is 2.87. The summed E-state index contributed by atoms with van der Waals surface area (Å²) in [7, 11) is 4.70. The van der Waals surface area contributed by atoms with Gasteiger partial charge in [0, 0.05) is 43.8 Å². The summed E-state index contributed by atoms with van der Waals surface area (Å²) in [6, 6.07) is 10.8. The molecule has 31 heavy (non-hydrogen) atoms. The van der Waals surface area contributed by atoms with E-state index in [9.17, 15) is 14.0 Å². The van der Waals surface area contributed by atoms with Crippen LogP contribution < -0.4 is 14.8 Å². The third-order valence-electron chi connectivity index (χ3n) is 5.48. The molecule has 1 N–H and O–H groups in total. The molecule has 1 heterocycles. The number of amides is 2. The Morgan fingerprint density at radius 2 is 1.81 bits per heavy atom. The number of halogens is 1. The first kappa shape index (κ1) is 22.6. The SMILES string of the molecule is COCCNC(=O)C1CN(C(=O)c2ccc(F)cc2)CC1c1cc(OC)ccc1OC. The lowest BCUT2D eigenvalue weighted by atomic mass is 9.87.